The van der Waals surface area contributed by atoms with E-state index in [-0.39, 0.29) is 6.10 Å². The molecule has 0 aromatic heterocycles. The van der Waals surface area contributed by atoms with Crippen LogP contribution in [0.3, 0.4) is 0 Å². The van der Waals surface area contributed by atoms with E-state index >= 15 is 0 Å². The minimum Gasteiger partial charge on any atom is -0.388 e. The van der Waals surface area contributed by atoms with Gasteiger partial charge in [0.1, 0.15) is 0 Å². The van der Waals surface area contributed by atoms with Crippen molar-refractivity contribution in [3.05, 3.63) is 35.4 Å². The van der Waals surface area contributed by atoms with Crippen molar-refractivity contribution in [3.63, 3.8) is 0 Å². The van der Waals surface area contributed by atoms with Crippen LogP contribution in [0, 0.1) is 11.8 Å². The maximum Gasteiger partial charge on any atom is 0.0818 e. The van der Waals surface area contributed by atoms with Crippen LogP contribution in [0.1, 0.15) is 69.6 Å². The molecule has 0 heterocycles. The number of aliphatic hydroxyl groups is 1. The molecular weight excluding hydrogens is 232 g/mol. The molecule has 0 saturated heterocycles. The van der Waals surface area contributed by atoms with Crippen molar-refractivity contribution in [1.29, 1.82) is 0 Å². The van der Waals surface area contributed by atoms with Crippen LogP contribution >= 0.6 is 0 Å². The molecule has 1 aliphatic rings. The Morgan fingerprint density at radius 3 is 2.53 bits per heavy atom. The van der Waals surface area contributed by atoms with Crippen molar-refractivity contribution >= 4 is 0 Å². The number of hydrogen-bond donors (Lipinski definition) is 1. The maximum atomic E-state index is 10.6. The van der Waals surface area contributed by atoms with Crippen molar-refractivity contribution in [2.24, 2.45) is 11.8 Å². The quantitative estimate of drug-likeness (QED) is 0.799. The first-order valence-corrected chi connectivity index (χ1v) is 8.01. The number of benzene rings is 1. The lowest BCUT2D eigenvalue weighted by molar-refractivity contribution is 0.0722. The summed E-state index contributed by atoms with van der Waals surface area (Å²) < 4.78 is 0. The van der Waals surface area contributed by atoms with Gasteiger partial charge in [-0.05, 0) is 42.2 Å². The third-order valence-corrected chi connectivity index (χ3v) is 4.74. The zero-order valence-electron chi connectivity index (χ0n) is 12.4. The fourth-order valence-electron chi connectivity index (χ4n) is 3.47. The van der Waals surface area contributed by atoms with Gasteiger partial charge in [0.25, 0.3) is 0 Å². The molecule has 1 aliphatic carbocycles. The van der Waals surface area contributed by atoms with Gasteiger partial charge in [0.15, 0.2) is 0 Å². The monoisotopic (exact) mass is 260 g/mol. The third-order valence-electron chi connectivity index (χ3n) is 4.74. The van der Waals surface area contributed by atoms with E-state index in [2.05, 4.69) is 38.1 Å². The van der Waals surface area contributed by atoms with E-state index in [1.807, 2.05) is 0 Å². The molecule has 1 aromatic carbocycles. The number of aryl methyl sites for hydroxylation is 1. The Labute approximate surface area is 118 Å². The fraction of sp³-hybridized carbons (Fsp3) is 0.667. The minimum atomic E-state index is -0.255. The smallest absolute Gasteiger partial charge is 0.0818 e. The standard InChI is InChI=1S/C18H28O/c1-3-6-15-9-11-16(12-10-15)18(19)17-8-5-7-14(4-2)13-17/h5,7-8,13,15-16,18-19H,3-4,6,9-12H2,1-2H3. The Kier molecular flexibility index (Phi) is 5.45. The maximum absolute atomic E-state index is 10.6. The summed E-state index contributed by atoms with van der Waals surface area (Å²) in [6, 6.07) is 8.50. The van der Waals surface area contributed by atoms with Gasteiger partial charge < -0.3 is 5.11 Å². The molecule has 1 N–H and O–H groups in total. The lowest BCUT2D eigenvalue weighted by atomic mass is 9.76. The Balaban J connectivity index is 1.94. The Morgan fingerprint density at radius 1 is 1.16 bits per heavy atom. The molecule has 1 heteroatoms. The summed E-state index contributed by atoms with van der Waals surface area (Å²) in [5.41, 5.74) is 2.45. The first-order chi connectivity index (χ1) is 9.24. The first kappa shape index (κ1) is 14.6. The predicted molar refractivity (Wildman–Crippen MR) is 81.1 cm³/mol. The summed E-state index contributed by atoms with van der Waals surface area (Å²) in [5, 5.41) is 10.6. The van der Waals surface area contributed by atoms with Gasteiger partial charge in [0, 0.05) is 0 Å². The van der Waals surface area contributed by atoms with E-state index in [1.54, 1.807) is 0 Å². The van der Waals surface area contributed by atoms with Crippen LogP contribution in [-0.4, -0.2) is 5.11 Å². The first-order valence-electron chi connectivity index (χ1n) is 8.01. The molecular formula is C18H28O. The zero-order chi connectivity index (χ0) is 13.7. The van der Waals surface area contributed by atoms with E-state index in [1.165, 1.54) is 44.1 Å². The molecule has 1 atom stereocenters. The summed E-state index contributed by atoms with van der Waals surface area (Å²) in [6.45, 7) is 4.44. The molecule has 106 valence electrons. The van der Waals surface area contributed by atoms with Crippen LogP contribution in [0.5, 0.6) is 0 Å². The van der Waals surface area contributed by atoms with E-state index < -0.39 is 0 Å². The van der Waals surface area contributed by atoms with E-state index in [9.17, 15) is 5.11 Å². The predicted octanol–water partition coefficient (Wildman–Crippen LogP) is 4.89. The van der Waals surface area contributed by atoms with Gasteiger partial charge in [-0.2, -0.15) is 0 Å². The molecule has 1 unspecified atom stereocenters. The van der Waals surface area contributed by atoms with Crippen molar-refractivity contribution in [3.8, 4) is 0 Å². The van der Waals surface area contributed by atoms with E-state index in [4.69, 9.17) is 0 Å². The third kappa shape index (κ3) is 3.82. The second-order valence-electron chi connectivity index (χ2n) is 6.11. The summed E-state index contributed by atoms with van der Waals surface area (Å²) in [7, 11) is 0. The van der Waals surface area contributed by atoms with Crippen LogP contribution in [-0.2, 0) is 6.42 Å². The van der Waals surface area contributed by atoms with Crippen LogP contribution in [0.25, 0.3) is 0 Å². The Morgan fingerprint density at radius 2 is 1.89 bits per heavy atom. The average Bonchev–Trinajstić information content (AvgIpc) is 2.48. The largest absolute Gasteiger partial charge is 0.388 e. The lowest BCUT2D eigenvalue weighted by Gasteiger charge is -2.31. The van der Waals surface area contributed by atoms with Gasteiger partial charge in [-0.3, -0.25) is 0 Å². The van der Waals surface area contributed by atoms with Crippen molar-refractivity contribution in [1.82, 2.24) is 0 Å². The second kappa shape index (κ2) is 7.09. The Bertz CT molecular complexity index is 377. The van der Waals surface area contributed by atoms with Crippen molar-refractivity contribution < 1.29 is 5.11 Å². The zero-order valence-corrected chi connectivity index (χ0v) is 12.4. The highest BCUT2D eigenvalue weighted by Crippen LogP contribution is 2.38. The van der Waals surface area contributed by atoms with E-state index in [0.29, 0.717) is 5.92 Å². The van der Waals surface area contributed by atoms with Gasteiger partial charge in [-0.25, -0.2) is 0 Å². The SMILES string of the molecule is CCCC1CCC(C(O)c2cccc(CC)c2)CC1. The fourth-order valence-corrected chi connectivity index (χ4v) is 3.47. The summed E-state index contributed by atoms with van der Waals surface area (Å²) in [4.78, 5) is 0. The molecule has 0 amide bonds. The second-order valence-corrected chi connectivity index (χ2v) is 6.11. The van der Waals surface area contributed by atoms with Gasteiger partial charge in [-0.1, -0.05) is 63.8 Å². The van der Waals surface area contributed by atoms with Crippen LogP contribution < -0.4 is 0 Å². The van der Waals surface area contributed by atoms with Crippen LogP contribution in [0.2, 0.25) is 0 Å². The minimum absolute atomic E-state index is 0.255. The normalized spacial score (nSPS) is 25.2. The summed E-state index contributed by atoms with van der Waals surface area (Å²) in [6.07, 6.45) is 8.47. The molecule has 2 rings (SSSR count). The summed E-state index contributed by atoms with van der Waals surface area (Å²) >= 11 is 0. The molecule has 0 spiro atoms. The summed E-state index contributed by atoms with van der Waals surface area (Å²) in [5.74, 6) is 1.38. The average molecular weight is 260 g/mol. The highest BCUT2D eigenvalue weighted by molar-refractivity contribution is 5.25. The van der Waals surface area contributed by atoms with Gasteiger partial charge in [0.05, 0.1) is 6.10 Å². The molecule has 1 aromatic rings. The molecule has 19 heavy (non-hydrogen) atoms. The topological polar surface area (TPSA) is 20.2 Å². The molecule has 0 radical (unpaired) electrons. The number of rotatable bonds is 5. The highest BCUT2D eigenvalue weighted by Gasteiger charge is 2.26. The molecule has 0 aliphatic heterocycles. The molecule has 1 nitrogen and oxygen atoms in total. The highest BCUT2D eigenvalue weighted by atomic mass is 16.3. The van der Waals surface area contributed by atoms with Gasteiger partial charge in [0.2, 0.25) is 0 Å². The van der Waals surface area contributed by atoms with E-state index in [0.717, 1.165) is 17.9 Å². The molecule has 0 bridgehead atoms. The molecule has 1 fully saturated rings. The van der Waals surface area contributed by atoms with Crippen LogP contribution in [0.4, 0.5) is 0 Å². The molecule has 1 saturated carbocycles. The van der Waals surface area contributed by atoms with Crippen molar-refractivity contribution in [2.75, 3.05) is 0 Å². The van der Waals surface area contributed by atoms with Gasteiger partial charge in [-0.15, -0.1) is 0 Å². The Hall–Kier alpha value is -0.820. The lowest BCUT2D eigenvalue weighted by Crippen LogP contribution is -2.20. The van der Waals surface area contributed by atoms with Gasteiger partial charge >= 0.3 is 0 Å². The number of aliphatic hydroxyl groups excluding tert-OH is 1. The van der Waals surface area contributed by atoms with Crippen LogP contribution in [0.15, 0.2) is 24.3 Å². The number of hydrogen-bond acceptors (Lipinski definition) is 1. The van der Waals surface area contributed by atoms with Crippen molar-refractivity contribution in [2.45, 2.75) is 64.9 Å².